The third-order valence-electron chi connectivity index (χ3n) is 0.940. The molecule has 1 aromatic carbocycles. The van der Waals surface area contributed by atoms with Crippen LogP contribution in [0.15, 0.2) is 30.3 Å². The van der Waals surface area contributed by atoms with E-state index in [1.54, 1.807) is 0 Å². The second-order valence-corrected chi connectivity index (χ2v) is 1.59. The van der Waals surface area contributed by atoms with Gasteiger partial charge in [0.25, 0.3) is 0 Å². The summed E-state index contributed by atoms with van der Waals surface area (Å²) in [5.41, 5.74) is 0.938. The third-order valence-corrected chi connectivity index (χ3v) is 0.940. The van der Waals surface area contributed by atoms with Gasteiger partial charge in [-0.25, -0.2) is 0 Å². The first-order valence-corrected chi connectivity index (χ1v) is 2.86. The van der Waals surface area contributed by atoms with Gasteiger partial charge in [-0.2, -0.15) is 9.59 Å². The lowest BCUT2D eigenvalue weighted by atomic mass is 10.2. The molecule has 1 rings (SSSR count). The lowest BCUT2D eigenvalue weighted by Gasteiger charge is -1.82. The first-order valence-electron chi connectivity index (χ1n) is 2.86. The average Bonchev–Trinajstić information content (AvgIpc) is 2.08. The van der Waals surface area contributed by atoms with Gasteiger partial charge >= 0.3 is 6.15 Å². The molecule has 0 N–H and O–H groups in total. The van der Waals surface area contributed by atoms with Crippen molar-refractivity contribution in [2.24, 2.45) is 0 Å². The van der Waals surface area contributed by atoms with E-state index in [2.05, 4.69) is 5.92 Å². The quantitative estimate of drug-likeness (QED) is 0.570. The topological polar surface area (TPSA) is 34.1 Å². The van der Waals surface area contributed by atoms with Crippen molar-refractivity contribution in [3.8, 4) is 12.3 Å². The maximum Gasteiger partial charge on any atom is 0.373 e. The molecule has 2 nitrogen and oxygen atoms in total. The summed E-state index contributed by atoms with van der Waals surface area (Å²) in [7, 11) is 0. The van der Waals surface area contributed by atoms with E-state index < -0.39 is 0 Å². The zero-order chi connectivity index (χ0) is 8.53. The maximum atomic E-state index is 8.12. The van der Waals surface area contributed by atoms with Gasteiger partial charge in [0.1, 0.15) is 0 Å². The van der Waals surface area contributed by atoms with E-state index >= 15 is 0 Å². The van der Waals surface area contributed by atoms with E-state index in [1.807, 2.05) is 30.3 Å². The first kappa shape index (κ1) is 13.1. The summed E-state index contributed by atoms with van der Waals surface area (Å²) in [5, 5.41) is 0. The van der Waals surface area contributed by atoms with Crippen LogP contribution in [0, 0.1) is 12.3 Å². The molecule has 0 unspecified atom stereocenters. The van der Waals surface area contributed by atoms with E-state index in [0.717, 1.165) is 5.56 Å². The van der Waals surface area contributed by atoms with Crippen molar-refractivity contribution >= 4 is 18.6 Å². The van der Waals surface area contributed by atoms with Gasteiger partial charge in [-0.05, 0) is 12.1 Å². The summed E-state index contributed by atoms with van der Waals surface area (Å²) >= 11 is 0. The molecule has 12 heavy (non-hydrogen) atoms. The highest BCUT2D eigenvalue weighted by Crippen LogP contribution is 1.92. The number of benzene rings is 1. The molecule has 0 amide bonds. The van der Waals surface area contributed by atoms with Crippen LogP contribution in [0.4, 0.5) is 0 Å². The van der Waals surface area contributed by atoms with Gasteiger partial charge in [-0.15, -0.1) is 18.8 Å². The minimum absolute atomic E-state index is 0. The van der Waals surface area contributed by atoms with E-state index in [9.17, 15) is 0 Å². The van der Waals surface area contributed by atoms with Crippen LogP contribution in [0.25, 0.3) is 0 Å². The Morgan fingerprint density at radius 1 is 1.08 bits per heavy atom. The highest BCUT2D eigenvalue weighted by Gasteiger charge is 1.76. The summed E-state index contributed by atoms with van der Waals surface area (Å²) in [4.78, 5) is 16.2. The Kier molecular flexibility index (Phi) is 10.3. The molecule has 62 valence electrons. The van der Waals surface area contributed by atoms with Crippen molar-refractivity contribution in [1.29, 1.82) is 0 Å². The number of hydrogen-bond donors (Lipinski definition) is 0. The second-order valence-electron chi connectivity index (χ2n) is 1.59. The molecule has 0 aliphatic rings. The average molecular weight is 183 g/mol. The van der Waals surface area contributed by atoms with Crippen LogP contribution in [-0.4, -0.2) is 6.15 Å². The zero-order valence-corrected chi connectivity index (χ0v) is 7.01. The molecule has 3 heteroatoms. The Hall–Kier alpha value is -1.55. The van der Waals surface area contributed by atoms with Gasteiger partial charge < -0.3 is 0 Å². The number of hydrogen-bond acceptors (Lipinski definition) is 2. The van der Waals surface area contributed by atoms with Gasteiger partial charge in [0, 0.05) is 5.56 Å². The van der Waals surface area contributed by atoms with E-state index in [0.29, 0.717) is 0 Å². The molecular formula is C9H7ClO2. The number of halogens is 1. The Morgan fingerprint density at radius 2 is 1.50 bits per heavy atom. The van der Waals surface area contributed by atoms with Gasteiger partial charge in [0.15, 0.2) is 0 Å². The lowest BCUT2D eigenvalue weighted by molar-refractivity contribution is -0.191. The highest BCUT2D eigenvalue weighted by molar-refractivity contribution is 5.85. The van der Waals surface area contributed by atoms with Crippen LogP contribution >= 0.6 is 12.4 Å². The zero-order valence-electron chi connectivity index (χ0n) is 6.19. The summed E-state index contributed by atoms with van der Waals surface area (Å²) in [6.07, 6.45) is 5.35. The van der Waals surface area contributed by atoms with Crippen LogP contribution in [0.1, 0.15) is 5.56 Å². The molecule has 0 heterocycles. The lowest BCUT2D eigenvalue weighted by Crippen LogP contribution is -1.66. The molecule has 0 fully saturated rings. The van der Waals surface area contributed by atoms with Crippen molar-refractivity contribution in [3.05, 3.63) is 35.9 Å². The molecule has 0 spiro atoms. The monoisotopic (exact) mass is 182 g/mol. The highest BCUT2D eigenvalue weighted by atomic mass is 35.5. The van der Waals surface area contributed by atoms with Gasteiger partial charge in [0.05, 0.1) is 0 Å². The smallest absolute Gasteiger partial charge is 0.186 e. The van der Waals surface area contributed by atoms with Crippen LogP contribution in [0.3, 0.4) is 0 Å². The van der Waals surface area contributed by atoms with E-state index in [1.165, 1.54) is 0 Å². The van der Waals surface area contributed by atoms with Crippen LogP contribution < -0.4 is 0 Å². The Balaban J connectivity index is 0. The molecule has 0 aliphatic carbocycles. The molecular weight excluding hydrogens is 176 g/mol. The Bertz CT molecular complexity index is 268. The molecule has 1 aromatic rings. The minimum Gasteiger partial charge on any atom is -0.186 e. The Morgan fingerprint density at radius 3 is 1.75 bits per heavy atom. The van der Waals surface area contributed by atoms with Gasteiger partial charge in [-0.1, -0.05) is 24.1 Å². The molecule has 0 saturated heterocycles. The van der Waals surface area contributed by atoms with Crippen molar-refractivity contribution in [2.75, 3.05) is 0 Å². The standard InChI is InChI=1S/C8H6.CO2.ClH/c1-2-8-6-4-3-5-7-8;2-1-3;/h1,3-7H;;1H. The predicted molar refractivity (Wildman–Crippen MR) is 46.6 cm³/mol. The molecule has 0 bridgehead atoms. The second kappa shape index (κ2) is 9.45. The third kappa shape index (κ3) is 6.57. The van der Waals surface area contributed by atoms with Crippen LogP contribution in [0.2, 0.25) is 0 Å². The van der Waals surface area contributed by atoms with Crippen LogP contribution in [0.5, 0.6) is 0 Å². The minimum atomic E-state index is 0. The van der Waals surface area contributed by atoms with Crippen molar-refractivity contribution < 1.29 is 9.59 Å². The number of rotatable bonds is 0. The van der Waals surface area contributed by atoms with E-state index in [-0.39, 0.29) is 18.6 Å². The van der Waals surface area contributed by atoms with Crippen molar-refractivity contribution in [2.45, 2.75) is 0 Å². The normalized spacial score (nSPS) is 5.92. The molecule has 0 saturated carbocycles. The summed E-state index contributed by atoms with van der Waals surface area (Å²) in [5.74, 6) is 2.53. The van der Waals surface area contributed by atoms with Crippen LogP contribution in [-0.2, 0) is 9.59 Å². The molecule has 0 aliphatic heterocycles. The van der Waals surface area contributed by atoms with E-state index in [4.69, 9.17) is 16.0 Å². The summed E-state index contributed by atoms with van der Waals surface area (Å²) in [6, 6.07) is 9.60. The SMILES string of the molecule is C#Cc1ccccc1.Cl.O=C=O. The fraction of sp³-hybridized carbons (Fsp3) is 0. The maximum absolute atomic E-state index is 8.12. The molecule has 0 radical (unpaired) electrons. The molecule has 0 aromatic heterocycles. The van der Waals surface area contributed by atoms with Crippen molar-refractivity contribution in [1.82, 2.24) is 0 Å². The van der Waals surface area contributed by atoms with Crippen molar-refractivity contribution in [3.63, 3.8) is 0 Å². The first-order chi connectivity index (χ1) is 5.35. The largest absolute Gasteiger partial charge is 0.373 e. The summed E-state index contributed by atoms with van der Waals surface area (Å²) < 4.78 is 0. The fourth-order valence-electron chi connectivity index (χ4n) is 0.534. The Labute approximate surface area is 77.0 Å². The van der Waals surface area contributed by atoms with Gasteiger partial charge in [-0.3, -0.25) is 0 Å². The predicted octanol–water partition coefficient (Wildman–Crippen LogP) is 1.51. The number of carbonyl (C=O) groups excluding carboxylic acids is 2. The number of terminal acetylenes is 1. The summed E-state index contributed by atoms with van der Waals surface area (Å²) in [6.45, 7) is 0. The fourth-order valence-corrected chi connectivity index (χ4v) is 0.534. The molecule has 0 atom stereocenters. The van der Waals surface area contributed by atoms with Gasteiger partial charge in [0.2, 0.25) is 0 Å².